The summed E-state index contributed by atoms with van der Waals surface area (Å²) in [5.74, 6) is -1.59. The lowest BCUT2D eigenvalue weighted by molar-refractivity contribution is -0.273. The SMILES string of the molecule is CC1=C(C(=O)OCCOC(C)C)C(C2=CCCOO2)C(C(=O)OCCOC(C)C)=C(C)N1. The molecule has 0 spiro atoms. The Balaban J connectivity index is 2.24. The molecule has 0 amide bonds. The first kappa shape index (κ1) is 25.9. The van der Waals surface area contributed by atoms with Gasteiger partial charge in [-0.3, -0.25) is 0 Å². The van der Waals surface area contributed by atoms with Crippen molar-refractivity contribution in [1.82, 2.24) is 5.32 Å². The van der Waals surface area contributed by atoms with Crippen LogP contribution in [0.3, 0.4) is 0 Å². The van der Waals surface area contributed by atoms with Crippen LogP contribution in [0.4, 0.5) is 0 Å². The Morgan fingerprint density at radius 2 is 1.44 bits per heavy atom. The summed E-state index contributed by atoms with van der Waals surface area (Å²) in [4.78, 5) is 36.6. The summed E-state index contributed by atoms with van der Waals surface area (Å²) in [5, 5.41) is 3.10. The summed E-state index contributed by atoms with van der Waals surface area (Å²) in [6.07, 6.45) is 2.46. The quantitative estimate of drug-likeness (QED) is 0.287. The summed E-state index contributed by atoms with van der Waals surface area (Å²) in [7, 11) is 0. The lowest BCUT2D eigenvalue weighted by Gasteiger charge is -2.31. The van der Waals surface area contributed by atoms with Crippen molar-refractivity contribution >= 4 is 11.9 Å². The van der Waals surface area contributed by atoms with E-state index in [0.29, 0.717) is 30.2 Å². The smallest absolute Gasteiger partial charge is 0.336 e. The molecule has 0 unspecified atom stereocenters. The molecule has 0 aromatic carbocycles. The molecule has 2 aliphatic heterocycles. The Kier molecular flexibility index (Phi) is 10.2. The minimum Gasteiger partial charge on any atom is -0.460 e. The van der Waals surface area contributed by atoms with Crippen LogP contribution >= 0.6 is 0 Å². The van der Waals surface area contributed by atoms with Gasteiger partial charge in [-0.2, -0.15) is 4.89 Å². The van der Waals surface area contributed by atoms with Crippen molar-refractivity contribution in [3.63, 3.8) is 0 Å². The van der Waals surface area contributed by atoms with Crippen LogP contribution in [-0.4, -0.2) is 57.2 Å². The second-order valence-corrected chi connectivity index (χ2v) is 8.05. The van der Waals surface area contributed by atoms with Gasteiger partial charge < -0.3 is 29.2 Å². The van der Waals surface area contributed by atoms with Gasteiger partial charge in [0.05, 0.1) is 49.1 Å². The topological polar surface area (TPSA) is 102 Å². The minimum atomic E-state index is -0.811. The van der Waals surface area contributed by atoms with Gasteiger partial charge >= 0.3 is 11.9 Å². The third-order valence-corrected chi connectivity index (χ3v) is 4.72. The first-order chi connectivity index (χ1) is 15.2. The maximum absolute atomic E-state index is 13.0. The summed E-state index contributed by atoms with van der Waals surface area (Å²) < 4.78 is 21.7. The van der Waals surface area contributed by atoms with E-state index >= 15 is 0 Å². The molecule has 0 aliphatic carbocycles. The molecule has 9 nitrogen and oxygen atoms in total. The Labute approximate surface area is 189 Å². The highest BCUT2D eigenvalue weighted by molar-refractivity contribution is 5.98. The van der Waals surface area contributed by atoms with Gasteiger partial charge in [0.15, 0.2) is 5.76 Å². The molecule has 2 heterocycles. The number of allylic oxidation sites excluding steroid dienone is 3. The van der Waals surface area contributed by atoms with E-state index in [2.05, 4.69) is 5.32 Å². The van der Waals surface area contributed by atoms with Gasteiger partial charge in [0.25, 0.3) is 0 Å². The Morgan fingerprint density at radius 1 is 0.938 bits per heavy atom. The number of dihydropyridines is 1. The number of esters is 2. The molecule has 2 aliphatic rings. The number of carbonyl (C=O) groups is 2. The Hall–Kier alpha value is -2.36. The molecular formula is C23H35NO8. The van der Waals surface area contributed by atoms with E-state index in [1.807, 2.05) is 33.8 Å². The molecule has 0 bridgehead atoms. The van der Waals surface area contributed by atoms with E-state index in [9.17, 15) is 9.59 Å². The van der Waals surface area contributed by atoms with Crippen LogP contribution in [0.1, 0.15) is 48.0 Å². The van der Waals surface area contributed by atoms with Crippen LogP contribution < -0.4 is 5.32 Å². The van der Waals surface area contributed by atoms with Crippen LogP contribution in [0.5, 0.6) is 0 Å². The molecule has 0 saturated heterocycles. The lowest BCUT2D eigenvalue weighted by atomic mass is 9.83. The molecule has 0 atom stereocenters. The van der Waals surface area contributed by atoms with Crippen molar-refractivity contribution in [1.29, 1.82) is 0 Å². The van der Waals surface area contributed by atoms with Crippen molar-refractivity contribution in [2.75, 3.05) is 33.0 Å². The van der Waals surface area contributed by atoms with E-state index in [4.69, 9.17) is 28.7 Å². The van der Waals surface area contributed by atoms with Crippen molar-refractivity contribution in [3.8, 4) is 0 Å². The van der Waals surface area contributed by atoms with Crippen LogP contribution in [0.15, 0.2) is 34.4 Å². The van der Waals surface area contributed by atoms with Gasteiger partial charge in [0.1, 0.15) is 13.2 Å². The minimum absolute atomic E-state index is 0.0309. The lowest BCUT2D eigenvalue weighted by Crippen LogP contribution is -2.36. The molecule has 0 aromatic heterocycles. The van der Waals surface area contributed by atoms with Crippen LogP contribution in [0.2, 0.25) is 0 Å². The summed E-state index contributed by atoms with van der Waals surface area (Å²) >= 11 is 0. The van der Waals surface area contributed by atoms with Crippen molar-refractivity contribution in [2.45, 2.75) is 60.2 Å². The monoisotopic (exact) mass is 453 g/mol. The number of hydrogen-bond acceptors (Lipinski definition) is 9. The highest BCUT2D eigenvalue weighted by Crippen LogP contribution is 2.38. The third-order valence-electron chi connectivity index (χ3n) is 4.72. The molecular weight excluding hydrogens is 418 g/mol. The molecule has 1 N–H and O–H groups in total. The zero-order valence-corrected chi connectivity index (χ0v) is 19.8. The standard InChI is InChI=1S/C23H35NO8/c1-14(2)27-10-12-29-22(25)19-16(5)24-17(6)20(21(19)18-8-7-9-31-32-18)23(26)30-13-11-28-15(3)4/h8,14-15,21,24H,7,9-13H2,1-6H3. The number of rotatable bonds is 11. The number of carbonyl (C=O) groups excluding carboxylic acids is 2. The number of ether oxygens (including phenoxy) is 4. The second-order valence-electron chi connectivity index (χ2n) is 8.05. The summed E-state index contributed by atoms with van der Waals surface area (Å²) in [6, 6.07) is 0. The average Bonchev–Trinajstić information content (AvgIpc) is 2.73. The van der Waals surface area contributed by atoms with E-state index in [-0.39, 0.29) is 49.8 Å². The second kappa shape index (κ2) is 12.6. The largest absolute Gasteiger partial charge is 0.460 e. The maximum Gasteiger partial charge on any atom is 0.336 e. The van der Waals surface area contributed by atoms with Crippen LogP contribution in [0, 0.1) is 5.92 Å². The van der Waals surface area contributed by atoms with E-state index < -0.39 is 17.9 Å². The predicted molar refractivity (Wildman–Crippen MR) is 116 cm³/mol. The third kappa shape index (κ3) is 7.36. The van der Waals surface area contributed by atoms with Gasteiger partial charge in [0.2, 0.25) is 0 Å². The molecule has 0 radical (unpaired) electrons. The fourth-order valence-corrected chi connectivity index (χ4v) is 3.37. The molecule has 9 heteroatoms. The van der Waals surface area contributed by atoms with Gasteiger partial charge in [-0.15, -0.1) is 0 Å². The summed E-state index contributed by atoms with van der Waals surface area (Å²) in [5.41, 5.74) is 1.67. The zero-order valence-electron chi connectivity index (χ0n) is 19.8. The van der Waals surface area contributed by atoms with Crippen molar-refractivity contribution in [3.05, 3.63) is 34.4 Å². The van der Waals surface area contributed by atoms with Gasteiger partial charge in [-0.1, -0.05) is 0 Å². The van der Waals surface area contributed by atoms with Crippen molar-refractivity contribution < 1.29 is 38.3 Å². The van der Waals surface area contributed by atoms with Gasteiger partial charge in [-0.05, 0) is 54.0 Å². The Bertz CT molecular complexity index is 716. The normalized spacial score (nSPS) is 17.3. The number of nitrogens with one attached hydrogen (secondary N) is 1. The highest BCUT2D eigenvalue weighted by atomic mass is 17.2. The molecule has 0 aromatic rings. The van der Waals surface area contributed by atoms with Crippen LogP contribution in [-0.2, 0) is 38.3 Å². The fourth-order valence-electron chi connectivity index (χ4n) is 3.37. The predicted octanol–water partition coefficient (Wildman–Crippen LogP) is 2.93. The molecule has 32 heavy (non-hydrogen) atoms. The molecule has 0 saturated carbocycles. The van der Waals surface area contributed by atoms with E-state index in [1.165, 1.54) is 0 Å². The molecule has 0 fully saturated rings. The molecule has 2 rings (SSSR count). The van der Waals surface area contributed by atoms with Crippen LogP contribution in [0.25, 0.3) is 0 Å². The summed E-state index contributed by atoms with van der Waals surface area (Å²) in [6.45, 7) is 12.2. The van der Waals surface area contributed by atoms with E-state index in [0.717, 1.165) is 0 Å². The highest BCUT2D eigenvalue weighted by Gasteiger charge is 2.41. The number of hydrogen-bond donors (Lipinski definition) is 1. The van der Waals surface area contributed by atoms with E-state index in [1.54, 1.807) is 13.8 Å². The first-order valence-corrected chi connectivity index (χ1v) is 11.0. The first-order valence-electron chi connectivity index (χ1n) is 11.0. The van der Waals surface area contributed by atoms with Gasteiger partial charge in [-0.25, -0.2) is 9.59 Å². The molecule has 180 valence electrons. The fraction of sp³-hybridized carbons (Fsp3) is 0.652. The zero-order chi connectivity index (χ0) is 23.7. The van der Waals surface area contributed by atoms with Gasteiger partial charge in [0, 0.05) is 11.4 Å². The maximum atomic E-state index is 13.0. The van der Waals surface area contributed by atoms with Crippen molar-refractivity contribution in [2.24, 2.45) is 5.92 Å². The Morgan fingerprint density at radius 3 is 1.84 bits per heavy atom. The average molecular weight is 454 g/mol.